The predicted octanol–water partition coefficient (Wildman–Crippen LogP) is 2.94. The standard InChI is InChI=1S/C6HF4I.C4H10O2/c7-2-1-3(11)5(9)6(10)4(2)8;1-2-3-4(5)6/h1H;4-6H,2-3H2,1H3. The van der Waals surface area contributed by atoms with Crippen LogP contribution < -0.4 is 0 Å². The van der Waals surface area contributed by atoms with Crippen LogP contribution in [0.3, 0.4) is 0 Å². The minimum atomic E-state index is -1.78. The summed E-state index contributed by atoms with van der Waals surface area (Å²) in [4.78, 5) is 0. The molecule has 0 heterocycles. The van der Waals surface area contributed by atoms with Crippen LogP contribution in [-0.2, 0) is 0 Å². The van der Waals surface area contributed by atoms with Gasteiger partial charge in [0, 0.05) is 0 Å². The first kappa shape index (κ1) is 16.6. The lowest BCUT2D eigenvalue weighted by Gasteiger charge is -1.97. The first-order chi connectivity index (χ1) is 7.81. The molecule has 0 unspecified atom stereocenters. The highest BCUT2D eigenvalue weighted by molar-refractivity contribution is 14.1. The van der Waals surface area contributed by atoms with Gasteiger partial charge in [-0.1, -0.05) is 13.3 Å². The molecular weight excluding hydrogens is 355 g/mol. The van der Waals surface area contributed by atoms with Crippen LogP contribution in [0.25, 0.3) is 0 Å². The molecule has 7 heteroatoms. The third-order valence-corrected chi connectivity index (χ3v) is 2.39. The van der Waals surface area contributed by atoms with E-state index in [0.717, 1.165) is 6.42 Å². The molecule has 0 saturated carbocycles. The molecule has 17 heavy (non-hydrogen) atoms. The van der Waals surface area contributed by atoms with Crippen molar-refractivity contribution >= 4 is 22.6 Å². The summed E-state index contributed by atoms with van der Waals surface area (Å²) in [5, 5.41) is 16.2. The maximum absolute atomic E-state index is 12.4. The van der Waals surface area contributed by atoms with E-state index < -0.39 is 29.6 Å². The van der Waals surface area contributed by atoms with Gasteiger partial charge in [0.05, 0.1) is 3.57 Å². The summed E-state index contributed by atoms with van der Waals surface area (Å²) in [6, 6.07) is 0.592. The van der Waals surface area contributed by atoms with Gasteiger partial charge >= 0.3 is 0 Å². The minimum Gasteiger partial charge on any atom is -0.368 e. The molecule has 2 N–H and O–H groups in total. The quantitative estimate of drug-likeness (QED) is 0.278. The van der Waals surface area contributed by atoms with Gasteiger partial charge < -0.3 is 10.2 Å². The molecule has 0 aromatic heterocycles. The first-order valence-corrected chi connectivity index (χ1v) is 5.73. The second-order valence-corrected chi connectivity index (χ2v) is 4.21. The van der Waals surface area contributed by atoms with Crippen LogP contribution >= 0.6 is 22.6 Å². The Balaban J connectivity index is 0.000000366. The fourth-order valence-corrected chi connectivity index (χ4v) is 1.31. The Morgan fingerprint density at radius 1 is 1.12 bits per heavy atom. The summed E-state index contributed by atoms with van der Waals surface area (Å²) in [5.41, 5.74) is 0. The number of aliphatic hydroxyl groups is 2. The normalized spacial score (nSPS) is 10.2. The van der Waals surface area contributed by atoms with Crippen molar-refractivity contribution in [3.63, 3.8) is 0 Å². The molecule has 0 radical (unpaired) electrons. The van der Waals surface area contributed by atoms with E-state index in [1.54, 1.807) is 0 Å². The lowest BCUT2D eigenvalue weighted by Crippen LogP contribution is -2.01. The molecular formula is C10H11F4IO2. The van der Waals surface area contributed by atoms with Crippen molar-refractivity contribution in [1.29, 1.82) is 0 Å². The first-order valence-electron chi connectivity index (χ1n) is 4.65. The van der Waals surface area contributed by atoms with Crippen LogP contribution in [-0.4, -0.2) is 16.5 Å². The molecule has 2 nitrogen and oxygen atoms in total. The minimum absolute atomic E-state index is 0.279. The topological polar surface area (TPSA) is 40.5 Å². The Labute approximate surface area is 109 Å². The predicted molar refractivity (Wildman–Crippen MR) is 62.1 cm³/mol. The van der Waals surface area contributed by atoms with E-state index in [1.807, 2.05) is 6.92 Å². The summed E-state index contributed by atoms with van der Waals surface area (Å²) in [6.45, 7) is 1.90. The summed E-state index contributed by atoms with van der Waals surface area (Å²) < 4.78 is 48.8. The summed E-state index contributed by atoms with van der Waals surface area (Å²) in [6.07, 6.45) is 0.215. The van der Waals surface area contributed by atoms with Gasteiger partial charge in [0.2, 0.25) is 0 Å². The molecule has 1 aromatic rings. The molecule has 0 fully saturated rings. The number of aliphatic hydroxyl groups excluding tert-OH is 1. The zero-order valence-electron chi connectivity index (χ0n) is 8.85. The van der Waals surface area contributed by atoms with Gasteiger partial charge in [0.15, 0.2) is 29.6 Å². The monoisotopic (exact) mass is 366 g/mol. The number of halogens is 5. The summed E-state index contributed by atoms with van der Waals surface area (Å²) in [7, 11) is 0. The highest BCUT2D eigenvalue weighted by atomic mass is 127. The van der Waals surface area contributed by atoms with Crippen molar-refractivity contribution in [1.82, 2.24) is 0 Å². The zero-order valence-corrected chi connectivity index (χ0v) is 11.0. The molecule has 0 aliphatic carbocycles. The molecule has 0 bridgehead atoms. The Bertz CT molecular complexity index is 346. The highest BCUT2D eigenvalue weighted by Crippen LogP contribution is 2.19. The smallest absolute Gasteiger partial charge is 0.198 e. The maximum atomic E-state index is 12.4. The Kier molecular flexibility index (Phi) is 7.64. The zero-order chi connectivity index (χ0) is 13.6. The number of hydrogen-bond donors (Lipinski definition) is 2. The molecule has 0 aliphatic heterocycles. The Morgan fingerprint density at radius 2 is 1.65 bits per heavy atom. The largest absolute Gasteiger partial charge is 0.368 e. The fourth-order valence-electron chi connectivity index (χ4n) is 0.802. The second-order valence-electron chi connectivity index (χ2n) is 3.05. The van der Waals surface area contributed by atoms with Crippen LogP contribution in [0.15, 0.2) is 6.07 Å². The van der Waals surface area contributed by atoms with Crippen molar-refractivity contribution in [3.8, 4) is 0 Å². The third kappa shape index (κ3) is 5.64. The van der Waals surface area contributed by atoms with Gasteiger partial charge in [0.1, 0.15) is 0 Å². The highest BCUT2D eigenvalue weighted by Gasteiger charge is 2.16. The van der Waals surface area contributed by atoms with Crippen LogP contribution in [0.1, 0.15) is 19.8 Å². The van der Waals surface area contributed by atoms with Gasteiger partial charge in [-0.05, 0) is 35.1 Å². The molecule has 0 aliphatic rings. The molecule has 0 saturated heterocycles. The number of hydrogen-bond acceptors (Lipinski definition) is 2. The average Bonchev–Trinajstić information content (AvgIpc) is 2.24. The van der Waals surface area contributed by atoms with Crippen LogP contribution in [0.4, 0.5) is 17.6 Å². The maximum Gasteiger partial charge on any atom is 0.198 e. The van der Waals surface area contributed by atoms with E-state index in [4.69, 9.17) is 10.2 Å². The van der Waals surface area contributed by atoms with Gasteiger partial charge in [-0.2, -0.15) is 0 Å². The fraction of sp³-hybridized carbons (Fsp3) is 0.400. The van der Waals surface area contributed by atoms with Gasteiger partial charge in [0.25, 0.3) is 0 Å². The van der Waals surface area contributed by atoms with Crippen LogP contribution in [0.2, 0.25) is 0 Å². The summed E-state index contributed by atoms with van der Waals surface area (Å²) >= 11 is 1.37. The lowest BCUT2D eigenvalue weighted by molar-refractivity contribution is -0.0453. The van der Waals surface area contributed by atoms with E-state index in [0.29, 0.717) is 12.5 Å². The molecule has 1 rings (SSSR count). The number of benzene rings is 1. The third-order valence-electron chi connectivity index (χ3n) is 1.61. The van der Waals surface area contributed by atoms with E-state index in [2.05, 4.69) is 0 Å². The van der Waals surface area contributed by atoms with Gasteiger partial charge in [-0.3, -0.25) is 0 Å². The van der Waals surface area contributed by atoms with E-state index in [1.165, 1.54) is 22.6 Å². The molecule has 0 atom stereocenters. The van der Waals surface area contributed by atoms with E-state index in [9.17, 15) is 17.6 Å². The van der Waals surface area contributed by atoms with Gasteiger partial charge in [-0.25, -0.2) is 17.6 Å². The van der Waals surface area contributed by atoms with Crippen molar-refractivity contribution < 1.29 is 27.8 Å². The van der Waals surface area contributed by atoms with Crippen molar-refractivity contribution in [2.75, 3.05) is 0 Å². The van der Waals surface area contributed by atoms with E-state index in [-0.39, 0.29) is 3.57 Å². The second kappa shape index (κ2) is 7.83. The molecule has 0 amide bonds. The lowest BCUT2D eigenvalue weighted by atomic mass is 10.3. The van der Waals surface area contributed by atoms with Crippen molar-refractivity contribution in [2.45, 2.75) is 26.1 Å². The summed E-state index contributed by atoms with van der Waals surface area (Å²) in [5.74, 6) is -6.28. The van der Waals surface area contributed by atoms with Gasteiger partial charge in [-0.15, -0.1) is 0 Å². The SMILES string of the molecule is CCCC(O)O.Fc1cc(I)c(F)c(F)c1F. The number of rotatable bonds is 2. The Morgan fingerprint density at radius 3 is 2.00 bits per heavy atom. The van der Waals surface area contributed by atoms with Crippen molar-refractivity contribution in [2.24, 2.45) is 0 Å². The Hall–Kier alpha value is -0.410. The van der Waals surface area contributed by atoms with E-state index >= 15 is 0 Å². The average molecular weight is 366 g/mol. The molecule has 0 spiro atoms. The van der Waals surface area contributed by atoms with Crippen LogP contribution in [0.5, 0.6) is 0 Å². The molecule has 1 aromatic carbocycles. The molecule has 98 valence electrons. The van der Waals surface area contributed by atoms with Crippen LogP contribution in [0, 0.1) is 26.8 Å². The van der Waals surface area contributed by atoms with Crippen molar-refractivity contribution in [3.05, 3.63) is 32.9 Å².